The van der Waals surface area contributed by atoms with E-state index in [2.05, 4.69) is 15.3 Å². The zero-order chi connectivity index (χ0) is 20.4. The molecule has 0 atom stereocenters. The lowest BCUT2D eigenvalue weighted by molar-refractivity contribution is -0.139. The van der Waals surface area contributed by atoms with Crippen LogP contribution in [0.5, 0.6) is 0 Å². The molecule has 0 radical (unpaired) electrons. The van der Waals surface area contributed by atoms with Crippen LogP contribution in [0.1, 0.15) is 36.0 Å². The Morgan fingerprint density at radius 2 is 1.86 bits per heavy atom. The highest BCUT2D eigenvalue weighted by Crippen LogP contribution is 2.29. The third kappa shape index (κ3) is 3.99. The van der Waals surface area contributed by atoms with Crippen LogP contribution in [0, 0.1) is 11.4 Å². The van der Waals surface area contributed by atoms with Crippen LogP contribution in [0.2, 0.25) is 0 Å². The molecular weight excluding hydrogens is 368 g/mol. The Balaban J connectivity index is 1.30. The van der Waals surface area contributed by atoms with Crippen molar-refractivity contribution >= 4 is 23.2 Å². The highest BCUT2D eigenvalue weighted by atomic mass is 16.2. The number of rotatable bonds is 5. The maximum atomic E-state index is 12.9. The number of hydrogen-bond acceptors (Lipinski definition) is 6. The Morgan fingerprint density at radius 3 is 2.52 bits per heavy atom. The van der Waals surface area contributed by atoms with Crippen LogP contribution < -0.4 is 5.32 Å². The lowest BCUT2D eigenvalue weighted by atomic mass is 9.91. The smallest absolute Gasteiger partial charge is 0.253 e. The van der Waals surface area contributed by atoms with Crippen molar-refractivity contribution in [3.8, 4) is 0 Å². The fourth-order valence-electron chi connectivity index (χ4n) is 4.48. The molecule has 156 valence electrons. The maximum Gasteiger partial charge on any atom is 0.253 e. The summed E-state index contributed by atoms with van der Waals surface area (Å²) >= 11 is 0. The van der Waals surface area contributed by atoms with Crippen LogP contribution in [0.15, 0.2) is 23.3 Å². The molecule has 1 aromatic rings. The van der Waals surface area contributed by atoms with Gasteiger partial charge in [-0.3, -0.25) is 14.5 Å². The SMILES string of the molecule is CNc1ccc(C(=O)N2CC(C(=O)N3CCCN(C4CCC4)CC3)C2)cc1N=N. The van der Waals surface area contributed by atoms with E-state index < -0.39 is 0 Å². The van der Waals surface area contributed by atoms with Gasteiger partial charge >= 0.3 is 0 Å². The van der Waals surface area contributed by atoms with Gasteiger partial charge in [-0.2, -0.15) is 5.11 Å². The standard InChI is InChI=1S/C21H30N6O2/c1-23-18-7-6-15(12-19(18)24-22)20(28)27-13-16(14-27)21(29)26-9-3-8-25(10-11-26)17-4-2-5-17/h6-7,12,16-17,22-23H,2-5,8-11,13-14H2,1H3. The van der Waals surface area contributed by atoms with E-state index in [1.54, 1.807) is 30.1 Å². The summed E-state index contributed by atoms with van der Waals surface area (Å²) in [6, 6.07) is 5.85. The molecule has 2 N–H and O–H groups in total. The van der Waals surface area contributed by atoms with E-state index in [9.17, 15) is 9.59 Å². The molecule has 4 rings (SSSR count). The second-order valence-corrected chi connectivity index (χ2v) is 8.30. The summed E-state index contributed by atoms with van der Waals surface area (Å²) in [6.07, 6.45) is 4.98. The van der Waals surface area contributed by atoms with Gasteiger partial charge in [0.1, 0.15) is 5.69 Å². The minimum absolute atomic E-state index is 0.0916. The number of benzene rings is 1. The van der Waals surface area contributed by atoms with E-state index >= 15 is 0 Å². The molecule has 0 unspecified atom stereocenters. The Hall–Kier alpha value is -2.48. The van der Waals surface area contributed by atoms with Gasteiger partial charge in [0.05, 0.1) is 11.6 Å². The molecule has 2 aliphatic heterocycles. The van der Waals surface area contributed by atoms with Gasteiger partial charge in [0.2, 0.25) is 5.91 Å². The number of likely N-dealkylation sites (tertiary alicyclic amines) is 1. The number of carbonyl (C=O) groups excluding carboxylic acids is 2. The summed E-state index contributed by atoms with van der Waals surface area (Å²) in [6.45, 7) is 4.65. The molecule has 3 fully saturated rings. The summed E-state index contributed by atoms with van der Waals surface area (Å²) < 4.78 is 0. The van der Waals surface area contributed by atoms with Crippen molar-refractivity contribution in [3.63, 3.8) is 0 Å². The molecular formula is C21H30N6O2. The van der Waals surface area contributed by atoms with Gasteiger partial charge in [0, 0.05) is 57.9 Å². The van der Waals surface area contributed by atoms with Gasteiger partial charge in [-0.05, 0) is 37.5 Å². The van der Waals surface area contributed by atoms with Crippen LogP contribution in [0.3, 0.4) is 0 Å². The van der Waals surface area contributed by atoms with Crippen molar-refractivity contribution < 1.29 is 9.59 Å². The maximum absolute atomic E-state index is 12.9. The van der Waals surface area contributed by atoms with Gasteiger partial charge < -0.3 is 15.1 Å². The normalized spacial score (nSPS) is 21.1. The van der Waals surface area contributed by atoms with Crippen LogP contribution >= 0.6 is 0 Å². The molecule has 29 heavy (non-hydrogen) atoms. The first-order chi connectivity index (χ1) is 14.1. The first kappa shape index (κ1) is 19.8. The number of hydrogen-bond donors (Lipinski definition) is 2. The van der Waals surface area contributed by atoms with Gasteiger partial charge in [-0.25, -0.2) is 5.53 Å². The van der Waals surface area contributed by atoms with Crippen molar-refractivity contribution in [1.29, 1.82) is 5.53 Å². The summed E-state index contributed by atoms with van der Waals surface area (Å²) in [5.74, 6) is -0.00312. The van der Waals surface area contributed by atoms with Gasteiger partial charge in [0.25, 0.3) is 5.91 Å². The predicted molar refractivity (Wildman–Crippen MR) is 111 cm³/mol. The fraction of sp³-hybridized carbons (Fsp3) is 0.619. The van der Waals surface area contributed by atoms with E-state index in [-0.39, 0.29) is 17.7 Å². The van der Waals surface area contributed by atoms with Gasteiger partial charge in [-0.1, -0.05) is 6.42 Å². The molecule has 0 bridgehead atoms. The van der Waals surface area contributed by atoms with E-state index in [0.717, 1.165) is 38.6 Å². The summed E-state index contributed by atoms with van der Waals surface area (Å²) in [5, 5.41) is 6.44. The number of nitrogens with zero attached hydrogens (tertiary/aromatic N) is 4. The molecule has 3 aliphatic rings. The molecule has 0 aromatic heterocycles. The van der Waals surface area contributed by atoms with Crippen molar-refractivity contribution in [1.82, 2.24) is 14.7 Å². The Morgan fingerprint density at radius 1 is 1.07 bits per heavy atom. The zero-order valence-corrected chi connectivity index (χ0v) is 17.1. The molecule has 0 spiro atoms. The average molecular weight is 399 g/mol. The molecule has 1 aliphatic carbocycles. The molecule has 1 saturated carbocycles. The third-order valence-electron chi connectivity index (χ3n) is 6.59. The molecule has 8 heteroatoms. The monoisotopic (exact) mass is 398 g/mol. The highest BCUT2D eigenvalue weighted by molar-refractivity contribution is 5.97. The fourth-order valence-corrected chi connectivity index (χ4v) is 4.48. The van der Waals surface area contributed by atoms with Crippen LogP contribution in [0.25, 0.3) is 0 Å². The van der Waals surface area contributed by atoms with Crippen molar-refractivity contribution in [2.75, 3.05) is 51.6 Å². The second-order valence-electron chi connectivity index (χ2n) is 8.30. The van der Waals surface area contributed by atoms with Crippen LogP contribution in [-0.4, -0.2) is 78.9 Å². The number of carbonyl (C=O) groups is 2. The minimum Gasteiger partial charge on any atom is -0.386 e. The quantitative estimate of drug-likeness (QED) is 0.746. The van der Waals surface area contributed by atoms with E-state index in [1.807, 2.05) is 4.90 Å². The van der Waals surface area contributed by atoms with Crippen LogP contribution in [-0.2, 0) is 4.79 Å². The number of nitrogens with one attached hydrogen (secondary N) is 2. The first-order valence-corrected chi connectivity index (χ1v) is 10.6. The summed E-state index contributed by atoms with van der Waals surface area (Å²) in [5.41, 5.74) is 8.93. The molecule has 8 nitrogen and oxygen atoms in total. The zero-order valence-electron chi connectivity index (χ0n) is 17.1. The van der Waals surface area contributed by atoms with Gasteiger partial charge in [0.15, 0.2) is 0 Å². The minimum atomic E-state index is -0.103. The van der Waals surface area contributed by atoms with E-state index in [4.69, 9.17) is 5.53 Å². The first-order valence-electron chi connectivity index (χ1n) is 10.6. The number of amides is 2. The van der Waals surface area contributed by atoms with Crippen molar-refractivity contribution in [3.05, 3.63) is 23.8 Å². The second kappa shape index (κ2) is 8.49. The molecule has 1 aromatic carbocycles. The van der Waals surface area contributed by atoms with Gasteiger partial charge in [-0.15, -0.1) is 0 Å². The van der Waals surface area contributed by atoms with E-state index in [1.165, 1.54) is 19.3 Å². The third-order valence-corrected chi connectivity index (χ3v) is 6.59. The summed E-state index contributed by atoms with van der Waals surface area (Å²) in [7, 11) is 1.76. The topological polar surface area (TPSA) is 92.1 Å². The van der Waals surface area contributed by atoms with Crippen LogP contribution in [0.4, 0.5) is 11.4 Å². The Kier molecular flexibility index (Phi) is 5.80. The van der Waals surface area contributed by atoms with Crippen molar-refractivity contribution in [2.24, 2.45) is 11.0 Å². The molecule has 2 amide bonds. The molecule has 2 saturated heterocycles. The Bertz CT molecular complexity index is 787. The summed E-state index contributed by atoms with van der Waals surface area (Å²) in [4.78, 5) is 31.9. The van der Waals surface area contributed by atoms with Crippen molar-refractivity contribution in [2.45, 2.75) is 31.7 Å². The predicted octanol–water partition coefficient (Wildman–Crippen LogP) is 2.55. The average Bonchev–Trinajstić information content (AvgIpc) is 2.90. The Labute approximate surface area is 171 Å². The lowest BCUT2D eigenvalue weighted by Gasteiger charge is -2.40. The molecule has 2 heterocycles. The lowest BCUT2D eigenvalue weighted by Crippen LogP contribution is -2.56. The highest BCUT2D eigenvalue weighted by Gasteiger charge is 2.39. The number of anilines is 1. The largest absolute Gasteiger partial charge is 0.386 e. The van der Waals surface area contributed by atoms with E-state index in [0.29, 0.717) is 30.0 Å².